The molecule has 1 rings (SSSR count). The van der Waals surface area contributed by atoms with Crippen molar-refractivity contribution in [3.8, 4) is 0 Å². The normalized spacial score (nSPS) is 11.8. The van der Waals surface area contributed by atoms with E-state index in [9.17, 15) is 0 Å². The third-order valence-corrected chi connectivity index (χ3v) is 2.87. The average Bonchev–Trinajstić information content (AvgIpc) is 2.28. The Morgan fingerprint density at radius 3 is 2.19 bits per heavy atom. The van der Waals surface area contributed by atoms with Gasteiger partial charge in [-0.2, -0.15) is 0 Å². The van der Waals surface area contributed by atoms with Gasteiger partial charge in [-0.05, 0) is 45.0 Å². The summed E-state index contributed by atoms with van der Waals surface area (Å²) < 4.78 is 5.43. The molecule has 2 nitrogen and oxygen atoms in total. The number of nitrogens with one attached hydrogen (secondary N) is 1. The van der Waals surface area contributed by atoms with Crippen molar-refractivity contribution >= 4 is 0 Å². The van der Waals surface area contributed by atoms with Crippen LogP contribution < -0.4 is 5.32 Å². The molecule has 0 fully saturated rings. The number of rotatable bonds is 6. The Morgan fingerprint density at radius 1 is 1.12 bits per heavy atom. The van der Waals surface area contributed by atoms with Crippen LogP contribution in [0.2, 0.25) is 0 Å². The maximum Gasteiger partial charge on any atom is 0.0662 e. The lowest BCUT2D eigenvalue weighted by atomic mass is 9.97. The number of methoxy groups -OCH3 is 1. The minimum Gasteiger partial charge on any atom is -0.378 e. The third-order valence-electron chi connectivity index (χ3n) is 2.87. The van der Waals surface area contributed by atoms with Crippen LogP contribution in [0.15, 0.2) is 24.3 Å². The molecule has 0 spiro atoms. The summed E-state index contributed by atoms with van der Waals surface area (Å²) in [6.45, 7) is 5.26. The van der Waals surface area contributed by atoms with E-state index < -0.39 is 0 Å². The Labute approximate surface area is 99.0 Å². The van der Waals surface area contributed by atoms with E-state index in [2.05, 4.69) is 43.4 Å². The molecule has 1 aromatic carbocycles. The fraction of sp³-hybridized carbons (Fsp3) is 0.571. The summed E-state index contributed by atoms with van der Waals surface area (Å²) >= 11 is 0. The Hall–Kier alpha value is -0.860. The molecule has 0 radical (unpaired) electrons. The van der Waals surface area contributed by atoms with Crippen molar-refractivity contribution in [3.63, 3.8) is 0 Å². The molecule has 0 aliphatic carbocycles. The first-order valence-electron chi connectivity index (χ1n) is 5.85. The average molecular weight is 221 g/mol. The molecule has 0 heterocycles. The van der Waals surface area contributed by atoms with Gasteiger partial charge < -0.3 is 10.1 Å². The molecule has 1 aromatic rings. The number of benzene rings is 1. The van der Waals surface area contributed by atoms with Gasteiger partial charge in [0.15, 0.2) is 0 Å². The SMILES string of the molecule is CNCCc1ccc(CC(C)(C)OC)cc1. The lowest BCUT2D eigenvalue weighted by Crippen LogP contribution is -2.25. The lowest BCUT2D eigenvalue weighted by Gasteiger charge is -2.22. The predicted octanol–water partition coefficient (Wildman–Crippen LogP) is 2.42. The number of hydrogen-bond acceptors (Lipinski definition) is 2. The maximum atomic E-state index is 5.43. The summed E-state index contributed by atoms with van der Waals surface area (Å²) in [4.78, 5) is 0. The van der Waals surface area contributed by atoms with Gasteiger partial charge in [0.05, 0.1) is 5.60 Å². The fourth-order valence-corrected chi connectivity index (χ4v) is 1.66. The monoisotopic (exact) mass is 221 g/mol. The summed E-state index contributed by atoms with van der Waals surface area (Å²) in [6, 6.07) is 8.81. The highest BCUT2D eigenvalue weighted by Gasteiger charge is 2.16. The first-order chi connectivity index (χ1) is 7.57. The van der Waals surface area contributed by atoms with E-state index in [0.29, 0.717) is 0 Å². The molecule has 1 N–H and O–H groups in total. The van der Waals surface area contributed by atoms with E-state index >= 15 is 0 Å². The molecule has 0 atom stereocenters. The van der Waals surface area contributed by atoms with Crippen LogP contribution in [0.1, 0.15) is 25.0 Å². The maximum absolute atomic E-state index is 5.43. The molecule has 16 heavy (non-hydrogen) atoms. The van der Waals surface area contributed by atoms with E-state index in [1.54, 1.807) is 7.11 Å². The summed E-state index contributed by atoms with van der Waals surface area (Å²) in [7, 11) is 3.75. The second kappa shape index (κ2) is 6.02. The van der Waals surface area contributed by atoms with Crippen LogP contribution in [0.4, 0.5) is 0 Å². The van der Waals surface area contributed by atoms with Crippen LogP contribution in [0, 0.1) is 0 Å². The summed E-state index contributed by atoms with van der Waals surface area (Å²) in [5.74, 6) is 0. The molecule has 0 saturated carbocycles. The zero-order valence-electron chi connectivity index (χ0n) is 10.8. The predicted molar refractivity (Wildman–Crippen MR) is 68.9 cm³/mol. The molecule has 0 amide bonds. The van der Waals surface area contributed by atoms with Crippen LogP contribution >= 0.6 is 0 Å². The van der Waals surface area contributed by atoms with Crippen LogP contribution in [-0.2, 0) is 17.6 Å². The minimum absolute atomic E-state index is 0.0769. The van der Waals surface area contributed by atoms with Gasteiger partial charge in [0, 0.05) is 13.5 Å². The molecule has 0 aliphatic rings. The topological polar surface area (TPSA) is 21.3 Å². The van der Waals surface area contributed by atoms with Crippen LogP contribution in [0.25, 0.3) is 0 Å². The van der Waals surface area contributed by atoms with Crippen molar-refractivity contribution in [1.82, 2.24) is 5.32 Å². The second-order valence-corrected chi connectivity index (χ2v) is 4.81. The van der Waals surface area contributed by atoms with Crippen molar-refractivity contribution in [1.29, 1.82) is 0 Å². The van der Waals surface area contributed by atoms with Crippen LogP contribution in [0.5, 0.6) is 0 Å². The van der Waals surface area contributed by atoms with Gasteiger partial charge in [0.2, 0.25) is 0 Å². The van der Waals surface area contributed by atoms with Gasteiger partial charge in [-0.25, -0.2) is 0 Å². The molecule has 0 aromatic heterocycles. The zero-order chi connectivity index (χ0) is 12.0. The molecule has 0 bridgehead atoms. The van der Waals surface area contributed by atoms with Gasteiger partial charge in [0.25, 0.3) is 0 Å². The van der Waals surface area contributed by atoms with E-state index in [1.165, 1.54) is 11.1 Å². The van der Waals surface area contributed by atoms with Gasteiger partial charge in [0.1, 0.15) is 0 Å². The van der Waals surface area contributed by atoms with Crippen molar-refractivity contribution in [3.05, 3.63) is 35.4 Å². The summed E-state index contributed by atoms with van der Waals surface area (Å²) in [6.07, 6.45) is 2.04. The van der Waals surface area contributed by atoms with Crippen molar-refractivity contribution in [2.75, 3.05) is 20.7 Å². The molecular weight excluding hydrogens is 198 g/mol. The largest absolute Gasteiger partial charge is 0.378 e. The number of hydrogen-bond donors (Lipinski definition) is 1. The van der Waals surface area contributed by atoms with Crippen LogP contribution in [-0.4, -0.2) is 26.3 Å². The second-order valence-electron chi connectivity index (χ2n) is 4.81. The number of likely N-dealkylation sites (N-methyl/N-ethyl adjacent to an activating group) is 1. The van der Waals surface area contributed by atoms with Crippen molar-refractivity contribution < 1.29 is 4.74 Å². The van der Waals surface area contributed by atoms with Gasteiger partial charge in [-0.1, -0.05) is 24.3 Å². The first kappa shape index (κ1) is 13.2. The fourth-order valence-electron chi connectivity index (χ4n) is 1.66. The number of ether oxygens (including phenoxy) is 1. The summed E-state index contributed by atoms with van der Waals surface area (Å²) in [5, 5.41) is 3.16. The van der Waals surface area contributed by atoms with E-state index in [0.717, 1.165) is 19.4 Å². The van der Waals surface area contributed by atoms with E-state index in [4.69, 9.17) is 4.74 Å². The van der Waals surface area contributed by atoms with Crippen molar-refractivity contribution in [2.24, 2.45) is 0 Å². The molecule has 0 aliphatic heterocycles. The van der Waals surface area contributed by atoms with Gasteiger partial charge >= 0.3 is 0 Å². The Kier molecular flexibility index (Phi) is 4.97. The van der Waals surface area contributed by atoms with Gasteiger partial charge in [-0.3, -0.25) is 0 Å². The molecular formula is C14H23NO. The molecule has 90 valence electrons. The Morgan fingerprint density at radius 2 is 1.69 bits per heavy atom. The lowest BCUT2D eigenvalue weighted by molar-refractivity contribution is 0.0232. The third kappa shape index (κ3) is 4.33. The smallest absolute Gasteiger partial charge is 0.0662 e. The van der Waals surface area contributed by atoms with E-state index in [1.807, 2.05) is 7.05 Å². The molecule has 0 unspecified atom stereocenters. The molecule has 2 heteroatoms. The molecule has 0 saturated heterocycles. The summed E-state index contributed by atoms with van der Waals surface area (Å²) in [5.41, 5.74) is 2.64. The zero-order valence-corrected chi connectivity index (χ0v) is 10.8. The highest BCUT2D eigenvalue weighted by molar-refractivity contribution is 5.23. The Balaban J connectivity index is 2.57. The van der Waals surface area contributed by atoms with Crippen LogP contribution in [0.3, 0.4) is 0 Å². The van der Waals surface area contributed by atoms with E-state index in [-0.39, 0.29) is 5.60 Å². The Bertz CT molecular complexity index is 303. The highest BCUT2D eigenvalue weighted by atomic mass is 16.5. The van der Waals surface area contributed by atoms with Gasteiger partial charge in [-0.15, -0.1) is 0 Å². The minimum atomic E-state index is -0.0769. The van der Waals surface area contributed by atoms with Crippen molar-refractivity contribution in [2.45, 2.75) is 32.3 Å². The highest BCUT2D eigenvalue weighted by Crippen LogP contribution is 2.16. The first-order valence-corrected chi connectivity index (χ1v) is 5.85. The quantitative estimate of drug-likeness (QED) is 0.796. The standard InChI is InChI=1S/C14H23NO/c1-14(2,16-4)11-13-7-5-12(6-8-13)9-10-15-3/h5-8,15H,9-11H2,1-4H3.